The van der Waals surface area contributed by atoms with E-state index >= 15 is 0 Å². The van der Waals surface area contributed by atoms with Crippen LogP contribution in [0.2, 0.25) is 0 Å². The molecule has 0 spiro atoms. The zero-order valence-electron chi connectivity index (χ0n) is 6.71. The van der Waals surface area contributed by atoms with Crippen molar-refractivity contribution in [2.45, 2.75) is 38.5 Å². The third kappa shape index (κ3) is 1.88. The normalized spacial score (nSPS) is 23.6. The summed E-state index contributed by atoms with van der Waals surface area (Å²) in [6.45, 7) is 0. The summed E-state index contributed by atoms with van der Waals surface area (Å²) < 4.78 is 0. The summed E-state index contributed by atoms with van der Waals surface area (Å²) in [5, 5.41) is 0. The molecule has 0 saturated heterocycles. The lowest BCUT2D eigenvalue weighted by Crippen LogP contribution is -2.23. The van der Waals surface area contributed by atoms with Gasteiger partial charge in [-0.3, -0.25) is 0 Å². The lowest BCUT2D eigenvalue weighted by molar-refractivity contribution is -0.127. The van der Waals surface area contributed by atoms with Gasteiger partial charge >= 0.3 is 0 Å². The van der Waals surface area contributed by atoms with Crippen LogP contribution in [-0.4, -0.2) is 12.6 Å². The van der Waals surface area contributed by atoms with Crippen LogP contribution in [0, 0.1) is 5.41 Å². The summed E-state index contributed by atoms with van der Waals surface area (Å²) in [7, 11) is 0. The van der Waals surface area contributed by atoms with Gasteiger partial charge in [-0.15, -0.1) is 0 Å². The minimum absolute atomic E-state index is 0.615. The standard InChI is InChI=1S/C9H14O2/c10-7-9(8-11)5-3-1-2-4-6-9/h7-8H,1-6H2. The second-order valence-corrected chi connectivity index (χ2v) is 3.38. The zero-order chi connectivity index (χ0) is 8.16. The summed E-state index contributed by atoms with van der Waals surface area (Å²) >= 11 is 0. The molecule has 0 atom stereocenters. The maximum atomic E-state index is 10.6. The summed E-state index contributed by atoms with van der Waals surface area (Å²) in [5.74, 6) is 0. The van der Waals surface area contributed by atoms with Crippen LogP contribution in [0.3, 0.4) is 0 Å². The van der Waals surface area contributed by atoms with Gasteiger partial charge in [0.1, 0.15) is 12.6 Å². The highest BCUT2D eigenvalue weighted by atomic mass is 16.1. The Hall–Kier alpha value is -0.660. The molecule has 1 fully saturated rings. The molecule has 0 aliphatic heterocycles. The van der Waals surface area contributed by atoms with Crippen LogP contribution in [0.5, 0.6) is 0 Å². The van der Waals surface area contributed by atoms with Gasteiger partial charge in [0, 0.05) is 0 Å². The molecule has 0 amide bonds. The monoisotopic (exact) mass is 154 g/mol. The second-order valence-electron chi connectivity index (χ2n) is 3.38. The Morgan fingerprint density at radius 2 is 1.27 bits per heavy atom. The van der Waals surface area contributed by atoms with Crippen molar-refractivity contribution in [3.05, 3.63) is 0 Å². The maximum absolute atomic E-state index is 10.6. The Labute approximate surface area is 67.0 Å². The molecule has 1 rings (SSSR count). The van der Waals surface area contributed by atoms with Crippen molar-refractivity contribution in [1.82, 2.24) is 0 Å². The SMILES string of the molecule is O=CC1(C=O)CCCCCC1. The van der Waals surface area contributed by atoms with Gasteiger partial charge in [0.05, 0.1) is 5.41 Å². The number of hydrogen-bond acceptors (Lipinski definition) is 2. The van der Waals surface area contributed by atoms with Gasteiger partial charge in [0.15, 0.2) is 0 Å². The number of hydrogen-bond donors (Lipinski definition) is 0. The van der Waals surface area contributed by atoms with Crippen LogP contribution < -0.4 is 0 Å². The number of carbonyl (C=O) groups excluding carboxylic acids is 2. The molecule has 62 valence electrons. The Morgan fingerprint density at radius 3 is 1.64 bits per heavy atom. The van der Waals surface area contributed by atoms with E-state index in [1.807, 2.05) is 0 Å². The fourth-order valence-electron chi connectivity index (χ4n) is 1.65. The second kappa shape index (κ2) is 3.65. The predicted octanol–water partition coefficient (Wildman–Crippen LogP) is 1.72. The average Bonchev–Trinajstić information content (AvgIpc) is 2.30. The molecule has 0 aromatic rings. The van der Waals surface area contributed by atoms with E-state index in [0.717, 1.165) is 38.3 Å². The van der Waals surface area contributed by atoms with E-state index in [1.165, 1.54) is 12.8 Å². The van der Waals surface area contributed by atoms with Gasteiger partial charge in [-0.25, -0.2) is 0 Å². The first-order chi connectivity index (χ1) is 5.33. The van der Waals surface area contributed by atoms with E-state index in [2.05, 4.69) is 0 Å². The zero-order valence-corrected chi connectivity index (χ0v) is 6.71. The van der Waals surface area contributed by atoms with Crippen molar-refractivity contribution < 1.29 is 9.59 Å². The molecule has 0 heterocycles. The number of carbonyl (C=O) groups is 2. The van der Waals surface area contributed by atoms with Crippen molar-refractivity contribution in [3.63, 3.8) is 0 Å². The molecule has 2 heteroatoms. The first-order valence-corrected chi connectivity index (χ1v) is 4.26. The maximum Gasteiger partial charge on any atom is 0.133 e. The largest absolute Gasteiger partial charge is 0.302 e. The molecule has 0 radical (unpaired) electrons. The minimum atomic E-state index is -0.615. The van der Waals surface area contributed by atoms with Crippen LogP contribution in [-0.2, 0) is 9.59 Å². The molecular formula is C9H14O2. The lowest BCUT2D eigenvalue weighted by atomic mass is 9.84. The molecule has 1 aliphatic rings. The Bertz CT molecular complexity index is 134. The van der Waals surface area contributed by atoms with E-state index < -0.39 is 5.41 Å². The summed E-state index contributed by atoms with van der Waals surface area (Å²) in [5.41, 5.74) is -0.615. The van der Waals surface area contributed by atoms with E-state index in [-0.39, 0.29) is 0 Å². The minimum Gasteiger partial charge on any atom is -0.302 e. The van der Waals surface area contributed by atoms with Gasteiger partial charge in [0.25, 0.3) is 0 Å². The summed E-state index contributed by atoms with van der Waals surface area (Å²) in [6, 6.07) is 0. The third-order valence-electron chi connectivity index (χ3n) is 2.50. The smallest absolute Gasteiger partial charge is 0.133 e. The van der Waals surface area contributed by atoms with E-state index in [4.69, 9.17) is 0 Å². The predicted molar refractivity (Wildman–Crippen MR) is 42.3 cm³/mol. The molecule has 0 N–H and O–H groups in total. The molecular weight excluding hydrogens is 140 g/mol. The van der Waals surface area contributed by atoms with Gasteiger partial charge in [-0.2, -0.15) is 0 Å². The molecule has 0 unspecified atom stereocenters. The summed E-state index contributed by atoms with van der Waals surface area (Å²) in [6.07, 6.45) is 7.60. The van der Waals surface area contributed by atoms with E-state index in [0.29, 0.717) is 0 Å². The number of aldehydes is 2. The van der Waals surface area contributed by atoms with Crippen LogP contribution in [0.25, 0.3) is 0 Å². The lowest BCUT2D eigenvalue weighted by Gasteiger charge is -2.17. The van der Waals surface area contributed by atoms with Crippen molar-refractivity contribution >= 4 is 12.6 Å². The highest BCUT2D eigenvalue weighted by molar-refractivity contribution is 5.83. The molecule has 1 aliphatic carbocycles. The van der Waals surface area contributed by atoms with Gasteiger partial charge < -0.3 is 9.59 Å². The Balaban J connectivity index is 2.63. The quantitative estimate of drug-likeness (QED) is 0.345. The van der Waals surface area contributed by atoms with Crippen molar-refractivity contribution in [3.8, 4) is 0 Å². The van der Waals surface area contributed by atoms with Crippen molar-refractivity contribution in [2.75, 3.05) is 0 Å². The molecule has 0 aromatic carbocycles. The van der Waals surface area contributed by atoms with Crippen molar-refractivity contribution in [2.24, 2.45) is 5.41 Å². The molecule has 1 saturated carbocycles. The van der Waals surface area contributed by atoms with Gasteiger partial charge in [-0.1, -0.05) is 25.7 Å². The molecule has 0 aromatic heterocycles. The fraction of sp³-hybridized carbons (Fsp3) is 0.778. The van der Waals surface area contributed by atoms with Gasteiger partial charge in [0.2, 0.25) is 0 Å². The first kappa shape index (κ1) is 8.44. The average molecular weight is 154 g/mol. The highest BCUT2D eigenvalue weighted by Crippen LogP contribution is 2.30. The first-order valence-electron chi connectivity index (χ1n) is 4.26. The fourth-order valence-corrected chi connectivity index (χ4v) is 1.65. The van der Waals surface area contributed by atoms with Crippen LogP contribution in [0.1, 0.15) is 38.5 Å². The highest BCUT2D eigenvalue weighted by Gasteiger charge is 2.29. The van der Waals surface area contributed by atoms with E-state index in [9.17, 15) is 9.59 Å². The van der Waals surface area contributed by atoms with E-state index in [1.54, 1.807) is 0 Å². The summed E-state index contributed by atoms with van der Waals surface area (Å²) in [4.78, 5) is 21.3. The van der Waals surface area contributed by atoms with Gasteiger partial charge in [-0.05, 0) is 12.8 Å². The van der Waals surface area contributed by atoms with Crippen LogP contribution in [0.4, 0.5) is 0 Å². The van der Waals surface area contributed by atoms with Crippen LogP contribution >= 0.6 is 0 Å². The Morgan fingerprint density at radius 1 is 0.818 bits per heavy atom. The molecule has 0 bridgehead atoms. The Kier molecular flexibility index (Phi) is 2.80. The topological polar surface area (TPSA) is 34.1 Å². The number of rotatable bonds is 2. The molecule has 2 nitrogen and oxygen atoms in total. The van der Waals surface area contributed by atoms with Crippen LogP contribution in [0.15, 0.2) is 0 Å². The molecule has 11 heavy (non-hydrogen) atoms. The van der Waals surface area contributed by atoms with Crippen molar-refractivity contribution in [1.29, 1.82) is 0 Å². The third-order valence-corrected chi connectivity index (χ3v) is 2.50.